The van der Waals surface area contributed by atoms with E-state index in [2.05, 4.69) is 10.4 Å². The summed E-state index contributed by atoms with van der Waals surface area (Å²) in [4.78, 5) is 24.3. The third-order valence-corrected chi connectivity index (χ3v) is 8.21. The average Bonchev–Trinajstić information content (AvgIpc) is 3.23. The summed E-state index contributed by atoms with van der Waals surface area (Å²) in [5, 5.41) is 17.8. The molecule has 194 valence electrons. The zero-order valence-electron chi connectivity index (χ0n) is 20.7. The van der Waals surface area contributed by atoms with Crippen molar-refractivity contribution in [3.8, 4) is 11.1 Å². The van der Waals surface area contributed by atoms with Crippen molar-refractivity contribution in [3.63, 3.8) is 0 Å². The lowest BCUT2D eigenvalue weighted by Gasteiger charge is -2.57. The third kappa shape index (κ3) is 4.67. The average molecular weight is 532 g/mol. The highest BCUT2D eigenvalue weighted by atomic mass is 35.5. The van der Waals surface area contributed by atoms with Crippen molar-refractivity contribution in [2.45, 2.75) is 44.7 Å². The van der Waals surface area contributed by atoms with E-state index in [-0.39, 0.29) is 35.5 Å². The smallest absolute Gasteiger partial charge is 0.303 e. The molecule has 1 aromatic heterocycles. The molecule has 2 fully saturated rings. The Kier molecular flexibility index (Phi) is 6.19. The van der Waals surface area contributed by atoms with Gasteiger partial charge in [-0.1, -0.05) is 54.1 Å². The SMILES string of the molecule is O=C(O)CC1CC2(C1)CC(NC(=O)c1cc(Cl)cc3cnn(Cc4ccc(-c5ccccc5)c(F)c4)c13)C2. The second kappa shape index (κ2) is 9.55. The molecule has 6 nitrogen and oxygen atoms in total. The molecule has 2 aliphatic carbocycles. The van der Waals surface area contributed by atoms with Crippen LogP contribution >= 0.6 is 11.6 Å². The van der Waals surface area contributed by atoms with E-state index in [9.17, 15) is 14.0 Å². The van der Waals surface area contributed by atoms with Crippen LogP contribution in [0.3, 0.4) is 0 Å². The summed E-state index contributed by atoms with van der Waals surface area (Å²) < 4.78 is 16.7. The van der Waals surface area contributed by atoms with E-state index in [0.29, 0.717) is 28.2 Å². The highest BCUT2D eigenvalue weighted by Crippen LogP contribution is 2.59. The number of hydrogen-bond donors (Lipinski definition) is 2. The van der Waals surface area contributed by atoms with E-state index < -0.39 is 5.97 Å². The largest absolute Gasteiger partial charge is 0.481 e. The summed E-state index contributed by atoms with van der Waals surface area (Å²) >= 11 is 6.34. The van der Waals surface area contributed by atoms with Crippen LogP contribution < -0.4 is 5.32 Å². The van der Waals surface area contributed by atoms with Gasteiger partial charge in [0.25, 0.3) is 5.91 Å². The Balaban J connectivity index is 1.19. The Hall–Kier alpha value is -3.71. The molecule has 0 atom stereocenters. The van der Waals surface area contributed by atoms with Crippen LogP contribution in [0.25, 0.3) is 22.0 Å². The number of carboxylic acid groups (broad SMARTS) is 1. The number of fused-ring (bicyclic) bond motifs is 1. The third-order valence-electron chi connectivity index (χ3n) is 7.99. The maximum absolute atomic E-state index is 15.0. The van der Waals surface area contributed by atoms with E-state index >= 15 is 0 Å². The van der Waals surface area contributed by atoms with Crippen molar-refractivity contribution in [1.29, 1.82) is 0 Å². The van der Waals surface area contributed by atoms with Gasteiger partial charge in [-0.25, -0.2) is 4.39 Å². The van der Waals surface area contributed by atoms with Gasteiger partial charge in [0.05, 0.1) is 23.8 Å². The minimum absolute atomic E-state index is 0.0540. The van der Waals surface area contributed by atoms with Crippen molar-refractivity contribution in [2.75, 3.05) is 0 Å². The summed E-state index contributed by atoms with van der Waals surface area (Å²) in [5.41, 5.74) is 3.34. The standard InChI is InChI=1S/C30H27ClFN3O3/c31-22-10-21-16-33-35(17-18-6-7-24(26(32)8-18)20-4-2-1-3-5-20)28(21)25(11-22)29(38)34-23-14-30(15-23)12-19(13-30)9-27(36)37/h1-8,10-11,16,19,23H,9,12-15,17H2,(H,34,38)(H,36,37). The number of benzene rings is 3. The highest BCUT2D eigenvalue weighted by molar-refractivity contribution is 6.32. The Morgan fingerprint density at radius 1 is 1.08 bits per heavy atom. The molecule has 2 saturated carbocycles. The van der Waals surface area contributed by atoms with Crippen molar-refractivity contribution in [1.82, 2.24) is 15.1 Å². The first-order valence-corrected chi connectivity index (χ1v) is 13.2. The first-order valence-electron chi connectivity index (χ1n) is 12.8. The molecule has 2 N–H and O–H groups in total. The van der Waals surface area contributed by atoms with E-state index in [4.69, 9.17) is 16.7 Å². The van der Waals surface area contributed by atoms with Crippen LogP contribution in [0.5, 0.6) is 0 Å². The lowest BCUT2D eigenvalue weighted by molar-refractivity contribution is -0.142. The minimum atomic E-state index is -0.745. The molecule has 38 heavy (non-hydrogen) atoms. The van der Waals surface area contributed by atoms with Crippen molar-refractivity contribution >= 4 is 34.4 Å². The molecule has 0 radical (unpaired) electrons. The van der Waals surface area contributed by atoms with Gasteiger partial charge in [0, 0.05) is 28.4 Å². The van der Waals surface area contributed by atoms with Crippen LogP contribution in [0, 0.1) is 17.2 Å². The normalized spacial score (nSPS) is 22.2. The number of carbonyl (C=O) groups is 2. The van der Waals surface area contributed by atoms with Gasteiger partial charge in [-0.3, -0.25) is 14.3 Å². The van der Waals surface area contributed by atoms with E-state index in [0.717, 1.165) is 42.2 Å². The zero-order valence-corrected chi connectivity index (χ0v) is 21.4. The number of aliphatic carboxylic acids is 1. The lowest BCUT2D eigenvalue weighted by Crippen LogP contribution is -2.56. The monoisotopic (exact) mass is 531 g/mol. The Morgan fingerprint density at radius 3 is 2.55 bits per heavy atom. The van der Waals surface area contributed by atoms with E-state index in [1.807, 2.05) is 36.4 Å². The molecule has 6 rings (SSSR count). The molecule has 1 spiro atoms. The van der Waals surface area contributed by atoms with Crippen LogP contribution in [0.15, 0.2) is 66.9 Å². The molecular weight excluding hydrogens is 505 g/mol. The quantitative estimate of drug-likeness (QED) is 0.293. The molecule has 4 aromatic rings. The van der Waals surface area contributed by atoms with E-state index in [1.165, 1.54) is 6.07 Å². The van der Waals surface area contributed by atoms with Gasteiger partial charge in [0.15, 0.2) is 0 Å². The van der Waals surface area contributed by atoms with E-state index in [1.54, 1.807) is 29.1 Å². The number of carbonyl (C=O) groups excluding carboxylic acids is 1. The fraction of sp³-hybridized carbons (Fsp3) is 0.300. The maximum atomic E-state index is 15.0. The van der Waals surface area contributed by atoms with Gasteiger partial charge in [-0.05, 0) is 66.3 Å². The van der Waals surface area contributed by atoms with Gasteiger partial charge in [0.1, 0.15) is 5.82 Å². The number of carboxylic acids is 1. The first kappa shape index (κ1) is 24.6. The van der Waals surface area contributed by atoms with Crippen molar-refractivity contribution in [3.05, 3.63) is 88.8 Å². The second-order valence-corrected chi connectivity index (χ2v) is 11.3. The molecular formula is C30H27ClFN3O3. The molecule has 1 heterocycles. The molecule has 1 amide bonds. The van der Waals surface area contributed by atoms with Crippen LogP contribution in [0.1, 0.15) is 48.0 Å². The van der Waals surface area contributed by atoms with Crippen LogP contribution in [-0.2, 0) is 11.3 Å². The molecule has 0 bridgehead atoms. The van der Waals surface area contributed by atoms with Crippen LogP contribution in [0.4, 0.5) is 4.39 Å². The fourth-order valence-electron chi connectivity index (χ4n) is 6.41. The number of hydrogen-bond acceptors (Lipinski definition) is 3. The predicted octanol–water partition coefficient (Wildman–Crippen LogP) is 6.31. The topological polar surface area (TPSA) is 84.2 Å². The van der Waals surface area contributed by atoms with Crippen molar-refractivity contribution < 1.29 is 19.1 Å². The number of nitrogens with zero attached hydrogens (tertiary/aromatic N) is 2. The zero-order chi connectivity index (χ0) is 26.4. The minimum Gasteiger partial charge on any atom is -0.481 e. The molecule has 3 aromatic carbocycles. The Morgan fingerprint density at radius 2 is 1.84 bits per heavy atom. The summed E-state index contributed by atoms with van der Waals surface area (Å²) in [6.07, 6.45) is 5.46. The summed E-state index contributed by atoms with van der Waals surface area (Å²) in [7, 11) is 0. The maximum Gasteiger partial charge on any atom is 0.303 e. The van der Waals surface area contributed by atoms with Crippen LogP contribution in [-0.4, -0.2) is 32.8 Å². The van der Waals surface area contributed by atoms with Gasteiger partial charge in [0.2, 0.25) is 0 Å². The molecule has 0 saturated heterocycles. The van der Waals surface area contributed by atoms with Gasteiger partial charge in [-0.2, -0.15) is 5.10 Å². The Bertz CT molecular complexity index is 1540. The molecule has 8 heteroatoms. The van der Waals surface area contributed by atoms with Gasteiger partial charge < -0.3 is 10.4 Å². The predicted molar refractivity (Wildman–Crippen MR) is 144 cm³/mol. The number of nitrogens with one attached hydrogen (secondary N) is 1. The lowest BCUT2D eigenvalue weighted by atomic mass is 9.49. The van der Waals surface area contributed by atoms with Gasteiger partial charge >= 0.3 is 5.97 Å². The molecule has 0 unspecified atom stereocenters. The number of rotatable bonds is 7. The summed E-state index contributed by atoms with van der Waals surface area (Å²) in [6, 6.07) is 18.0. The second-order valence-electron chi connectivity index (χ2n) is 10.8. The van der Waals surface area contributed by atoms with Crippen molar-refractivity contribution in [2.24, 2.45) is 11.3 Å². The Labute approximate surface area is 224 Å². The fourth-order valence-corrected chi connectivity index (χ4v) is 6.64. The number of aromatic nitrogens is 2. The van der Waals surface area contributed by atoms with Crippen LogP contribution in [0.2, 0.25) is 5.02 Å². The highest BCUT2D eigenvalue weighted by Gasteiger charge is 2.53. The number of amides is 1. The van der Waals surface area contributed by atoms with Gasteiger partial charge in [-0.15, -0.1) is 0 Å². The molecule has 2 aliphatic rings. The number of halogens is 2. The summed E-state index contributed by atoms with van der Waals surface area (Å²) in [5.74, 6) is -1.03. The summed E-state index contributed by atoms with van der Waals surface area (Å²) in [6.45, 7) is 0.301. The first-order chi connectivity index (χ1) is 18.3. The molecule has 0 aliphatic heterocycles.